The van der Waals surface area contributed by atoms with E-state index < -0.39 is 11.6 Å². The first-order valence-corrected chi connectivity index (χ1v) is 14.6. The standard InChI is InChI=1S/2C16H17FN2O2/c17-14-3-1-12(2-4-14)11-19-15-5-6-16(20-7-8-21-16)9-13(15)10-18-19;17-14-3-1-12(2-4-14)10-19-11-13-9-16(20-7-8-21-16)6-5-15(13)18-19/h1-4,10H,5-9,11H2;1-4,11H,5-10H2. The SMILES string of the molecule is Fc1ccc(Cn2cc3c(n2)CCC2(C3)OCCO2)cc1.Fc1ccc(Cn2ncc3c2CCC2(C3)OCCO2)cc1. The number of fused-ring (bicyclic) bond motifs is 2. The van der Waals surface area contributed by atoms with Crippen molar-refractivity contribution in [1.29, 1.82) is 0 Å². The lowest BCUT2D eigenvalue weighted by Gasteiger charge is -2.31. The molecule has 2 aromatic carbocycles. The van der Waals surface area contributed by atoms with E-state index in [9.17, 15) is 8.78 Å². The average Bonchev–Trinajstić information content (AvgIpc) is 3.80. The predicted octanol–water partition coefficient (Wildman–Crippen LogP) is 4.60. The third-order valence-corrected chi connectivity index (χ3v) is 8.50. The van der Waals surface area contributed by atoms with Gasteiger partial charge in [-0.2, -0.15) is 10.2 Å². The number of hydrogen-bond donors (Lipinski definition) is 0. The highest BCUT2D eigenvalue weighted by molar-refractivity contribution is 5.26. The maximum Gasteiger partial charge on any atom is 0.172 e. The largest absolute Gasteiger partial charge is 0.347 e. The fourth-order valence-corrected chi connectivity index (χ4v) is 6.37. The molecule has 2 fully saturated rings. The molecular formula is C32H34F2N4O4. The summed E-state index contributed by atoms with van der Waals surface area (Å²) in [6.07, 6.45) is 9.03. The van der Waals surface area contributed by atoms with Crippen LogP contribution in [0.4, 0.5) is 8.78 Å². The number of halogens is 2. The molecule has 4 aliphatic rings. The average molecular weight is 577 g/mol. The van der Waals surface area contributed by atoms with E-state index in [-0.39, 0.29) is 11.6 Å². The van der Waals surface area contributed by atoms with Crippen LogP contribution in [-0.4, -0.2) is 57.6 Å². The lowest BCUT2D eigenvalue weighted by Crippen LogP contribution is -2.37. The Hall–Kier alpha value is -3.44. The first-order chi connectivity index (χ1) is 20.5. The molecule has 2 saturated heterocycles. The van der Waals surface area contributed by atoms with E-state index in [1.807, 2.05) is 15.6 Å². The van der Waals surface area contributed by atoms with Crippen LogP contribution in [0.15, 0.2) is 60.9 Å². The van der Waals surface area contributed by atoms with Gasteiger partial charge in [-0.15, -0.1) is 0 Å². The van der Waals surface area contributed by atoms with Gasteiger partial charge in [0.15, 0.2) is 11.6 Å². The molecule has 2 aliphatic carbocycles. The van der Waals surface area contributed by atoms with E-state index in [2.05, 4.69) is 16.4 Å². The van der Waals surface area contributed by atoms with Gasteiger partial charge < -0.3 is 18.9 Å². The van der Waals surface area contributed by atoms with E-state index in [4.69, 9.17) is 18.9 Å². The van der Waals surface area contributed by atoms with Crippen LogP contribution in [0.25, 0.3) is 0 Å². The number of aryl methyl sites for hydroxylation is 1. The summed E-state index contributed by atoms with van der Waals surface area (Å²) in [7, 11) is 0. The van der Waals surface area contributed by atoms with Gasteiger partial charge in [0, 0.05) is 37.6 Å². The summed E-state index contributed by atoms with van der Waals surface area (Å²) < 4.78 is 52.9. The highest BCUT2D eigenvalue weighted by atomic mass is 19.1. The maximum absolute atomic E-state index is 13.0. The van der Waals surface area contributed by atoms with Crippen molar-refractivity contribution in [2.75, 3.05) is 26.4 Å². The zero-order chi connectivity index (χ0) is 28.6. The van der Waals surface area contributed by atoms with Gasteiger partial charge in [0.2, 0.25) is 0 Å². The van der Waals surface area contributed by atoms with E-state index in [1.54, 1.807) is 24.3 Å². The van der Waals surface area contributed by atoms with Crippen LogP contribution in [0.5, 0.6) is 0 Å². The van der Waals surface area contributed by atoms with Crippen molar-refractivity contribution in [3.63, 3.8) is 0 Å². The molecule has 0 unspecified atom stereocenters. The van der Waals surface area contributed by atoms with Gasteiger partial charge >= 0.3 is 0 Å². The van der Waals surface area contributed by atoms with E-state index in [1.165, 1.54) is 41.1 Å². The minimum atomic E-state index is -0.420. The van der Waals surface area contributed by atoms with E-state index >= 15 is 0 Å². The molecule has 0 radical (unpaired) electrons. The lowest BCUT2D eigenvalue weighted by molar-refractivity contribution is -0.164. The fourth-order valence-electron chi connectivity index (χ4n) is 6.37. The van der Waals surface area contributed by atoms with Crippen LogP contribution in [0.2, 0.25) is 0 Å². The summed E-state index contributed by atoms with van der Waals surface area (Å²) >= 11 is 0. The molecule has 2 aromatic heterocycles. The Bertz CT molecular complexity index is 1510. The molecule has 0 bridgehead atoms. The lowest BCUT2D eigenvalue weighted by atomic mass is 9.92. The number of nitrogens with zero attached hydrogens (tertiary/aromatic N) is 4. The Labute approximate surface area is 243 Å². The van der Waals surface area contributed by atoms with Gasteiger partial charge in [-0.05, 0) is 59.4 Å². The monoisotopic (exact) mass is 576 g/mol. The summed E-state index contributed by atoms with van der Waals surface area (Å²) in [4.78, 5) is 0. The quantitative estimate of drug-likeness (QED) is 0.354. The Morgan fingerprint density at radius 1 is 0.690 bits per heavy atom. The van der Waals surface area contributed by atoms with Crippen molar-refractivity contribution in [2.45, 2.75) is 63.2 Å². The molecule has 0 N–H and O–H groups in total. The molecule has 10 heteroatoms. The minimum absolute atomic E-state index is 0.210. The van der Waals surface area contributed by atoms with Crippen molar-refractivity contribution < 1.29 is 27.7 Å². The number of aromatic nitrogens is 4. The second kappa shape index (κ2) is 11.3. The summed E-state index contributed by atoms with van der Waals surface area (Å²) in [6.45, 7) is 4.04. The van der Waals surface area contributed by atoms with Crippen LogP contribution in [0.3, 0.4) is 0 Å². The first-order valence-electron chi connectivity index (χ1n) is 14.6. The van der Waals surface area contributed by atoms with Gasteiger partial charge in [-0.3, -0.25) is 9.36 Å². The van der Waals surface area contributed by atoms with Crippen molar-refractivity contribution in [3.05, 3.63) is 106 Å². The summed E-state index contributed by atoms with van der Waals surface area (Å²) in [6, 6.07) is 13.1. The van der Waals surface area contributed by atoms with Crippen LogP contribution in [0, 0.1) is 11.6 Å². The van der Waals surface area contributed by atoms with Gasteiger partial charge in [0.25, 0.3) is 0 Å². The summed E-state index contributed by atoms with van der Waals surface area (Å²) in [5.41, 5.74) is 6.86. The molecule has 0 atom stereocenters. The topological polar surface area (TPSA) is 72.6 Å². The fraction of sp³-hybridized carbons (Fsp3) is 0.438. The number of ether oxygens (including phenoxy) is 4. The molecule has 2 spiro atoms. The molecule has 8 rings (SSSR count). The maximum atomic E-state index is 13.0. The highest BCUT2D eigenvalue weighted by Gasteiger charge is 2.42. The van der Waals surface area contributed by atoms with Gasteiger partial charge in [-0.25, -0.2) is 8.78 Å². The Balaban J connectivity index is 0.000000137. The smallest absolute Gasteiger partial charge is 0.172 e. The first kappa shape index (κ1) is 27.4. The Morgan fingerprint density at radius 2 is 1.24 bits per heavy atom. The number of hydrogen-bond acceptors (Lipinski definition) is 6. The molecule has 220 valence electrons. The molecule has 0 saturated carbocycles. The molecule has 4 aromatic rings. The van der Waals surface area contributed by atoms with Gasteiger partial charge in [-0.1, -0.05) is 24.3 Å². The molecule has 2 aliphatic heterocycles. The van der Waals surface area contributed by atoms with Crippen LogP contribution >= 0.6 is 0 Å². The van der Waals surface area contributed by atoms with E-state index in [0.29, 0.717) is 39.5 Å². The summed E-state index contributed by atoms with van der Waals surface area (Å²) in [5, 5.41) is 9.12. The third kappa shape index (κ3) is 5.76. The van der Waals surface area contributed by atoms with Gasteiger partial charge in [0.1, 0.15) is 11.6 Å². The predicted molar refractivity (Wildman–Crippen MR) is 149 cm³/mol. The zero-order valence-corrected chi connectivity index (χ0v) is 23.4. The normalized spacial score (nSPS) is 19.9. The number of rotatable bonds is 4. The van der Waals surface area contributed by atoms with Crippen LogP contribution in [0.1, 0.15) is 46.5 Å². The van der Waals surface area contributed by atoms with E-state index in [0.717, 1.165) is 55.3 Å². The molecule has 8 nitrogen and oxygen atoms in total. The van der Waals surface area contributed by atoms with Crippen molar-refractivity contribution in [1.82, 2.24) is 19.6 Å². The van der Waals surface area contributed by atoms with Crippen molar-refractivity contribution in [3.8, 4) is 0 Å². The molecule has 4 heterocycles. The number of benzene rings is 2. The zero-order valence-electron chi connectivity index (χ0n) is 23.4. The molecular weight excluding hydrogens is 542 g/mol. The second-order valence-corrected chi connectivity index (χ2v) is 11.4. The third-order valence-electron chi connectivity index (χ3n) is 8.50. The van der Waals surface area contributed by atoms with Crippen molar-refractivity contribution in [2.24, 2.45) is 0 Å². The summed E-state index contributed by atoms with van der Waals surface area (Å²) in [5.74, 6) is -1.26. The van der Waals surface area contributed by atoms with Crippen LogP contribution < -0.4 is 0 Å². The Kier molecular flexibility index (Phi) is 7.39. The van der Waals surface area contributed by atoms with Crippen LogP contribution in [-0.2, 0) is 57.7 Å². The second-order valence-electron chi connectivity index (χ2n) is 11.4. The van der Waals surface area contributed by atoms with Crippen molar-refractivity contribution >= 4 is 0 Å². The minimum Gasteiger partial charge on any atom is -0.347 e. The highest BCUT2D eigenvalue weighted by Crippen LogP contribution is 2.36. The molecule has 0 amide bonds. The van der Waals surface area contributed by atoms with Gasteiger partial charge in [0.05, 0.1) is 51.4 Å². The Morgan fingerprint density at radius 3 is 1.86 bits per heavy atom. The molecule has 42 heavy (non-hydrogen) atoms.